The molecule has 0 aliphatic carbocycles. The van der Waals surface area contributed by atoms with Crippen molar-refractivity contribution in [1.29, 1.82) is 0 Å². The zero-order valence-corrected chi connectivity index (χ0v) is 13.9. The molecule has 1 aliphatic heterocycles. The summed E-state index contributed by atoms with van der Waals surface area (Å²) in [5.74, 6) is 2.80. The van der Waals surface area contributed by atoms with Crippen LogP contribution in [0.1, 0.15) is 25.0 Å². The van der Waals surface area contributed by atoms with Crippen LogP contribution in [0.2, 0.25) is 0 Å². The second-order valence-electron chi connectivity index (χ2n) is 5.88. The predicted molar refractivity (Wildman–Crippen MR) is 92.7 cm³/mol. The van der Waals surface area contributed by atoms with Crippen LogP contribution >= 0.6 is 11.8 Å². The zero-order valence-electron chi connectivity index (χ0n) is 13.1. The zero-order chi connectivity index (χ0) is 15.6. The Balaban J connectivity index is 1.68. The molecule has 0 unspecified atom stereocenters. The van der Waals surface area contributed by atoms with E-state index in [9.17, 15) is 0 Å². The molecule has 0 saturated carbocycles. The molecule has 0 fully saturated rings. The molecule has 22 heavy (non-hydrogen) atoms. The molecule has 0 radical (unpaired) electrons. The quantitative estimate of drug-likeness (QED) is 0.725. The number of benzene rings is 2. The van der Waals surface area contributed by atoms with E-state index < -0.39 is 0 Å². The standard InChI is InChI=1S/C19H20O2S/c1-19(2)11-10-15-12-17(8-9-18(15)21-19)22-13-14-4-6-16(20-3)7-5-14/h4-12H,13H2,1-3H3. The van der Waals surface area contributed by atoms with Gasteiger partial charge in [0, 0.05) is 16.2 Å². The molecule has 0 spiro atoms. The van der Waals surface area contributed by atoms with Gasteiger partial charge in [-0.15, -0.1) is 11.8 Å². The number of methoxy groups -OCH3 is 1. The summed E-state index contributed by atoms with van der Waals surface area (Å²) in [4.78, 5) is 1.25. The Bertz CT molecular complexity index is 687. The van der Waals surface area contributed by atoms with Gasteiger partial charge in [-0.1, -0.05) is 18.2 Å². The largest absolute Gasteiger partial charge is 0.497 e. The van der Waals surface area contributed by atoms with E-state index in [1.54, 1.807) is 7.11 Å². The highest BCUT2D eigenvalue weighted by atomic mass is 32.2. The number of fused-ring (bicyclic) bond motifs is 1. The molecular formula is C19H20O2S. The Hall–Kier alpha value is -1.87. The fourth-order valence-corrected chi connectivity index (χ4v) is 3.24. The highest BCUT2D eigenvalue weighted by Crippen LogP contribution is 2.34. The van der Waals surface area contributed by atoms with Crippen LogP contribution in [0.5, 0.6) is 11.5 Å². The fourth-order valence-electron chi connectivity index (χ4n) is 2.34. The minimum atomic E-state index is -0.218. The lowest BCUT2D eigenvalue weighted by Gasteiger charge is -2.28. The van der Waals surface area contributed by atoms with Gasteiger partial charge in [0.05, 0.1) is 7.11 Å². The van der Waals surface area contributed by atoms with E-state index in [0.29, 0.717) is 0 Å². The maximum atomic E-state index is 5.95. The summed E-state index contributed by atoms with van der Waals surface area (Å²) in [6.45, 7) is 4.14. The average Bonchev–Trinajstić information content (AvgIpc) is 2.52. The number of hydrogen-bond donors (Lipinski definition) is 0. The van der Waals surface area contributed by atoms with Gasteiger partial charge in [-0.3, -0.25) is 0 Å². The van der Waals surface area contributed by atoms with Crippen molar-refractivity contribution in [3.63, 3.8) is 0 Å². The number of hydrogen-bond acceptors (Lipinski definition) is 3. The number of thioether (sulfide) groups is 1. The van der Waals surface area contributed by atoms with Crippen LogP contribution in [-0.2, 0) is 5.75 Å². The predicted octanol–water partition coefficient (Wildman–Crippen LogP) is 5.17. The first-order chi connectivity index (χ1) is 10.6. The van der Waals surface area contributed by atoms with E-state index in [4.69, 9.17) is 9.47 Å². The smallest absolute Gasteiger partial charge is 0.127 e. The first kappa shape index (κ1) is 15.0. The Labute approximate surface area is 136 Å². The normalized spacial score (nSPS) is 15.0. The van der Waals surface area contributed by atoms with Crippen LogP contribution in [-0.4, -0.2) is 12.7 Å². The third-order valence-corrected chi connectivity index (χ3v) is 4.65. The molecule has 0 N–H and O–H groups in total. The molecule has 2 aromatic rings. The summed E-state index contributed by atoms with van der Waals surface area (Å²) in [6.07, 6.45) is 4.25. The monoisotopic (exact) mass is 312 g/mol. The molecule has 1 aliphatic rings. The summed E-state index contributed by atoms with van der Waals surface area (Å²) in [7, 11) is 1.69. The summed E-state index contributed by atoms with van der Waals surface area (Å²) in [5, 5.41) is 0. The Kier molecular flexibility index (Phi) is 4.16. The van der Waals surface area contributed by atoms with E-state index in [1.165, 1.54) is 10.5 Å². The maximum absolute atomic E-state index is 5.95. The van der Waals surface area contributed by atoms with Gasteiger partial charge in [0.1, 0.15) is 17.1 Å². The summed E-state index contributed by atoms with van der Waals surface area (Å²) >= 11 is 1.83. The first-order valence-corrected chi connectivity index (χ1v) is 8.32. The Morgan fingerprint density at radius 3 is 2.59 bits per heavy atom. The van der Waals surface area contributed by atoms with E-state index in [-0.39, 0.29) is 5.60 Å². The van der Waals surface area contributed by atoms with Crippen molar-refractivity contribution >= 4 is 17.8 Å². The summed E-state index contributed by atoms with van der Waals surface area (Å²) in [6, 6.07) is 14.6. The van der Waals surface area contributed by atoms with Crippen LogP contribution in [0, 0.1) is 0 Å². The van der Waals surface area contributed by atoms with Gasteiger partial charge in [0.25, 0.3) is 0 Å². The van der Waals surface area contributed by atoms with E-state index in [0.717, 1.165) is 22.8 Å². The minimum Gasteiger partial charge on any atom is -0.497 e. The SMILES string of the molecule is COc1ccc(CSc2ccc3c(c2)C=CC(C)(C)O3)cc1. The van der Waals surface area contributed by atoms with Crippen molar-refractivity contribution in [3.8, 4) is 11.5 Å². The number of rotatable bonds is 4. The lowest BCUT2D eigenvalue weighted by Crippen LogP contribution is -2.27. The van der Waals surface area contributed by atoms with Crippen LogP contribution in [0.15, 0.2) is 53.4 Å². The summed E-state index contributed by atoms with van der Waals surface area (Å²) in [5.41, 5.74) is 2.22. The molecule has 2 aromatic carbocycles. The van der Waals surface area contributed by atoms with Gasteiger partial charge < -0.3 is 9.47 Å². The fraction of sp³-hybridized carbons (Fsp3) is 0.263. The molecule has 114 valence electrons. The van der Waals surface area contributed by atoms with Crippen LogP contribution < -0.4 is 9.47 Å². The van der Waals surface area contributed by atoms with Crippen molar-refractivity contribution in [2.75, 3.05) is 7.11 Å². The van der Waals surface area contributed by atoms with Crippen molar-refractivity contribution in [3.05, 3.63) is 59.7 Å². The van der Waals surface area contributed by atoms with Gasteiger partial charge in [0.15, 0.2) is 0 Å². The van der Waals surface area contributed by atoms with Gasteiger partial charge in [-0.2, -0.15) is 0 Å². The minimum absolute atomic E-state index is 0.218. The summed E-state index contributed by atoms with van der Waals surface area (Å²) < 4.78 is 11.1. The molecule has 3 rings (SSSR count). The van der Waals surface area contributed by atoms with E-state index in [2.05, 4.69) is 56.3 Å². The lowest BCUT2D eigenvalue weighted by molar-refractivity contribution is 0.159. The highest BCUT2D eigenvalue weighted by Gasteiger charge is 2.21. The van der Waals surface area contributed by atoms with Crippen molar-refractivity contribution in [2.45, 2.75) is 30.1 Å². The molecule has 2 nitrogen and oxygen atoms in total. The third kappa shape index (κ3) is 3.47. The van der Waals surface area contributed by atoms with Gasteiger partial charge in [-0.05, 0) is 55.8 Å². The van der Waals surface area contributed by atoms with Crippen LogP contribution in [0.25, 0.3) is 6.08 Å². The van der Waals surface area contributed by atoms with Gasteiger partial charge in [0.2, 0.25) is 0 Å². The molecule has 0 amide bonds. The topological polar surface area (TPSA) is 18.5 Å². The molecule has 3 heteroatoms. The molecular weight excluding hydrogens is 292 g/mol. The van der Waals surface area contributed by atoms with Gasteiger partial charge in [-0.25, -0.2) is 0 Å². The van der Waals surface area contributed by atoms with Crippen LogP contribution in [0.4, 0.5) is 0 Å². The molecule has 1 heterocycles. The molecule has 0 saturated heterocycles. The lowest BCUT2D eigenvalue weighted by atomic mass is 10.0. The van der Waals surface area contributed by atoms with E-state index in [1.807, 2.05) is 23.9 Å². The van der Waals surface area contributed by atoms with Gasteiger partial charge >= 0.3 is 0 Å². The van der Waals surface area contributed by atoms with Crippen LogP contribution in [0.3, 0.4) is 0 Å². The molecule has 0 bridgehead atoms. The van der Waals surface area contributed by atoms with Crippen molar-refractivity contribution < 1.29 is 9.47 Å². The second-order valence-corrected chi connectivity index (χ2v) is 6.92. The first-order valence-electron chi connectivity index (χ1n) is 7.34. The highest BCUT2D eigenvalue weighted by molar-refractivity contribution is 7.98. The molecule has 0 atom stereocenters. The second kappa shape index (κ2) is 6.09. The maximum Gasteiger partial charge on any atom is 0.127 e. The Morgan fingerprint density at radius 1 is 1.09 bits per heavy atom. The van der Waals surface area contributed by atoms with Crippen molar-refractivity contribution in [2.24, 2.45) is 0 Å². The Morgan fingerprint density at radius 2 is 1.86 bits per heavy atom. The average molecular weight is 312 g/mol. The van der Waals surface area contributed by atoms with Crippen molar-refractivity contribution in [1.82, 2.24) is 0 Å². The van der Waals surface area contributed by atoms with E-state index >= 15 is 0 Å². The molecule has 0 aromatic heterocycles. The third-order valence-electron chi connectivity index (χ3n) is 3.58. The number of ether oxygens (including phenoxy) is 2.